The topological polar surface area (TPSA) is 75.7 Å². The quantitative estimate of drug-likeness (QED) is 0.849. The van der Waals surface area contributed by atoms with Crippen molar-refractivity contribution in [2.75, 3.05) is 24.4 Å². The zero-order valence-electron chi connectivity index (χ0n) is 14.4. The van der Waals surface area contributed by atoms with Crippen LogP contribution in [0.5, 0.6) is 0 Å². The third-order valence-corrected chi connectivity index (χ3v) is 3.73. The first-order chi connectivity index (χ1) is 11.9. The van der Waals surface area contributed by atoms with Gasteiger partial charge in [0.15, 0.2) is 0 Å². The molecular weight excluding hydrogens is 320 g/mol. The van der Waals surface area contributed by atoms with E-state index in [0.29, 0.717) is 11.3 Å². The minimum atomic E-state index is -0.457. The number of hydrogen-bond donors (Lipinski definition) is 1. The molecule has 0 saturated heterocycles. The number of nitrogens with one attached hydrogen (secondary N) is 1. The number of benzene rings is 2. The predicted octanol–water partition coefficient (Wildman–Crippen LogP) is 2.64. The Balaban J connectivity index is 2.01. The first-order valence-corrected chi connectivity index (χ1v) is 7.72. The fourth-order valence-electron chi connectivity index (χ4n) is 2.25. The van der Waals surface area contributed by atoms with E-state index >= 15 is 0 Å². The lowest BCUT2D eigenvalue weighted by Gasteiger charge is -2.15. The van der Waals surface area contributed by atoms with Gasteiger partial charge >= 0.3 is 5.97 Å². The number of esters is 1. The fourth-order valence-corrected chi connectivity index (χ4v) is 2.25. The molecule has 0 atom stereocenters. The van der Waals surface area contributed by atoms with Crippen LogP contribution in [-0.4, -0.2) is 31.9 Å². The molecule has 1 N–H and O–H groups in total. The molecule has 0 bridgehead atoms. The Kier molecular flexibility index (Phi) is 5.89. The van der Waals surface area contributed by atoms with Gasteiger partial charge in [-0.3, -0.25) is 9.59 Å². The molecule has 130 valence electrons. The number of carbonyl (C=O) groups excluding carboxylic acids is 3. The molecular formula is C19H20N2O4. The van der Waals surface area contributed by atoms with E-state index in [1.165, 1.54) is 18.9 Å². The zero-order chi connectivity index (χ0) is 18.4. The highest BCUT2D eigenvalue weighted by Gasteiger charge is 2.09. The molecule has 0 saturated carbocycles. The molecule has 2 rings (SSSR count). The summed E-state index contributed by atoms with van der Waals surface area (Å²) in [6.45, 7) is 1.49. The first-order valence-electron chi connectivity index (χ1n) is 7.72. The van der Waals surface area contributed by atoms with Crippen molar-refractivity contribution in [3.05, 3.63) is 59.7 Å². The minimum Gasteiger partial charge on any atom is -0.465 e. The number of carbonyl (C=O) groups is 3. The highest BCUT2D eigenvalue weighted by molar-refractivity contribution is 5.95. The van der Waals surface area contributed by atoms with Crippen molar-refractivity contribution in [1.82, 2.24) is 0 Å². The van der Waals surface area contributed by atoms with Crippen LogP contribution in [0.3, 0.4) is 0 Å². The van der Waals surface area contributed by atoms with Crippen molar-refractivity contribution in [2.45, 2.75) is 13.3 Å². The number of rotatable bonds is 5. The second-order valence-corrected chi connectivity index (χ2v) is 5.54. The van der Waals surface area contributed by atoms with Crippen molar-refractivity contribution in [3.8, 4) is 0 Å². The summed E-state index contributed by atoms with van der Waals surface area (Å²) in [5, 5.41) is 2.75. The maximum absolute atomic E-state index is 12.2. The van der Waals surface area contributed by atoms with Crippen LogP contribution in [0.1, 0.15) is 22.8 Å². The van der Waals surface area contributed by atoms with E-state index in [9.17, 15) is 14.4 Å². The van der Waals surface area contributed by atoms with Gasteiger partial charge in [-0.25, -0.2) is 4.79 Å². The summed E-state index contributed by atoms with van der Waals surface area (Å²) >= 11 is 0. The van der Waals surface area contributed by atoms with Gasteiger partial charge < -0.3 is 15.0 Å². The van der Waals surface area contributed by atoms with Crippen molar-refractivity contribution in [3.63, 3.8) is 0 Å². The van der Waals surface area contributed by atoms with Crippen LogP contribution in [-0.2, 0) is 20.7 Å². The molecule has 0 heterocycles. The summed E-state index contributed by atoms with van der Waals surface area (Å²) in [4.78, 5) is 36.5. The Bertz CT molecular complexity index is 784. The summed E-state index contributed by atoms with van der Waals surface area (Å²) in [6, 6.07) is 13.8. The standard InChI is InChI=1S/C19H20N2O4/c1-13(22)21(2)17-9-7-14(8-10-17)11-18(23)20-16-6-4-5-15(12-16)19(24)25-3/h4-10,12H,11H2,1-3H3,(H,20,23). The average Bonchev–Trinajstić information content (AvgIpc) is 2.61. The van der Waals surface area contributed by atoms with Crippen LogP contribution in [0, 0.1) is 0 Å². The van der Waals surface area contributed by atoms with E-state index in [1.54, 1.807) is 55.6 Å². The normalized spacial score (nSPS) is 10.0. The Morgan fingerprint density at radius 3 is 2.36 bits per heavy atom. The van der Waals surface area contributed by atoms with Crippen molar-refractivity contribution in [2.24, 2.45) is 0 Å². The van der Waals surface area contributed by atoms with Gasteiger partial charge in [0.05, 0.1) is 19.1 Å². The van der Waals surface area contributed by atoms with E-state index in [-0.39, 0.29) is 18.2 Å². The number of hydrogen-bond acceptors (Lipinski definition) is 4. The molecule has 6 nitrogen and oxygen atoms in total. The maximum atomic E-state index is 12.2. The molecule has 2 amide bonds. The van der Waals surface area contributed by atoms with E-state index in [4.69, 9.17) is 0 Å². The summed E-state index contributed by atoms with van der Waals surface area (Å²) in [5.41, 5.74) is 2.49. The van der Waals surface area contributed by atoms with Gasteiger partial charge in [-0.1, -0.05) is 18.2 Å². The van der Waals surface area contributed by atoms with Crippen molar-refractivity contribution >= 4 is 29.2 Å². The highest BCUT2D eigenvalue weighted by Crippen LogP contribution is 2.16. The highest BCUT2D eigenvalue weighted by atomic mass is 16.5. The third kappa shape index (κ3) is 4.91. The van der Waals surface area contributed by atoms with E-state index in [0.717, 1.165) is 11.3 Å². The lowest BCUT2D eigenvalue weighted by atomic mass is 10.1. The summed E-state index contributed by atoms with van der Waals surface area (Å²) < 4.78 is 4.66. The van der Waals surface area contributed by atoms with Crippen LogP contribution >= 0.6 is 0 Å². The van der Waals surface area contributed by atoms with Crippen molar-refractivity contribution < 1.29 is 19.1 Å². The molecule has 0 aliphatic heterocycles. The van der Waals surface area contributed by atoms with Crippen LogP contribution in [0.15, 0.2) is 48.5 Å². The summed E-state index contributed by atoms with van der Waals surface area (Å²) in [5.74, 6) is -0.716. The number of ether oxygens (including phenoxy) is 1. The smallest absolute Gasteiger partial charge is 0.337 e. The van der Waals surface area contributed by atoms with Crippen molar-refractivity contribution in [1.29, 1.82) is 0 Å². The lowest BCUT2D eigenvalue weighted by molar-refractivity contribution is -0.116. The van der Waals surface area contributed by atoms with Gasteiger partial charge in [-0.05, 0) is 35.9 Å². The molecule has 6 heteroatoms. The Hall–Kier alpha value is -3.15. The number of anilines is 2. The Morgan fingerprint density at radius 2 is 1.76 bits per heavy atom. The first kappa shape index (κ1) is 18.2. The summed E-state index contributed by atoms with van der Waals surface area (Å²) in [7, 11) is 3.00. The monoisotopic (exact) mass is 340 g/mol. The predicted molar refractivity (Wildman–Crippen MR) is 95.6 cm³/mol. The second kappa shape index (κ2) is 8.10. The minimum absolute atomic E-state index is 0.0593. The van der Waals surface area contributed by atoms with Gasteiger partial charge in [0, 0.05) is 25.3 Å². The van der Waals surface area contributed by atoms with Gasteiger partial charge in [0.25, 0.3) is 0 Å². The molecule has 2 aromatic rings. The second-order valence-electron chi connectivity index (χ2n) is 5.54. The summed E-state index contributed by atoms with van der Waals surface area (Å²) in [6.07, 6.45) is 0.187. The number of amides is 2. The maximum Gasteiger partial charge on any atom is 0.337 e. The fraction of sp³-hybridized carbons (Fsp3) is 0.211. The molecule has 0 fully saturated rings. The van der Waals surface area contributed by atoms with E-state index < -0.39 is 5.97 Å². The Labute approximate surface area is 146 Å². The van der Waals surface area contributed by atoms with E-state index in [1.807, 2.05) is 0 Å². The van der Waals surface area contributed by atoms with Gasteiger partial charge in [-0.15, -0.1) is 0 Å². The van der Waals surface area contributed by atoms with Gasteiger partial charge in [0.1, 0.15) is 0 Å². The number of methoxy groups -OCH3 is 1. The third-order valence-electron chi connectivity index (χ3n) is 3.73. The SMILES string of the molecule is COC(=O)c1cccc(NC(=O)Cc2ccc(N(C)C(C)=O)cc2)c1. The van der Waals surface area contributed by atoms with Crippen LogP contribution in [0.25, 0.3) is 0 Å². The van der Waals surface area contributed by atoms with Crippen LogP contribution in [0.2, 0.25) is 0 Å². The molecule has 25 heavy (non-hydrogen) atoms. The number of nitrogens with zero attached hydrogens (tertiary/aromatic N) is 1. The molecule has 0 unspecified atom stereocenters. The zero-order valence-corrected chi connectivity index (χ0v) is 14.4. The molecule has 2 aromatic carbocycles. The Morgan fingerprint density at radius 1 is 1.08 bits per heavy atom. The molecule has 0 radical (unpaired) electrons. The van der Waals surface area contributed by atoms with Crippen LogP contribution in [0.4, 0.5) is 11.4 Å². The van der Waals surface area contributed by atoms with E-state index in [2.05, 4.69) is 10.1 Å². The van der Waals surface area contributed by atoms with Gasteiger partial charge in [-0.2, -0.15) is 0 Å². The molecule has 0 aliphatic rings. The molecule has 0 aromatic heterocycles. The van der Waals surface area contributed by atoms with Crippen LogP contribution < -0.4 is 10.2 Å². The average molecular weight is 340 g/mol. The largest absolute Gasteiger partial charge is 0.465 e. The molecule has 0 aliphatic carbocycles. The molecule has 0 spiro atoms. The lowest BCUT2D eigenvalue weighted by Crippen LogP contribution is -2.22. The van der Waals surface area contributed by atoms with Gasteiger partial charge in [0.2, 0.25) is 11.8 Å².